The Morgan fingerprint density at radius 1 is 1.05 bits per heavy atom. The Bertz CT molecular complexity index is 2080. The van der Waals surface area contributed by atoms with Crippen LogP contribution in [0.25, 0.3) is 11.2 Å². The van der Waals surface area contributed by atoms with Crippen LogP contribution in [-0.4, -0.2) is 128 Å². The second-order valence-electron chi connectivity index (χ2n) is 13.7. The maximum absolute atomic E-state index is 13.6. The molecular formula is C36H42F3N11O6. The van der Waals surface area contributed by atoms with E-state index in [4.69, 9.17) is 28.9 Å². The van der Waals surface area contributed by atoms with Crippen molar-refractivity contribution in [3.63, 3.8) is 0 Å². The number of carbonyl (C=O) groups is 1. The molecule has 5 heterocycles. The number of nitrogens with one attached hydrogen (secondary N) is 1. The number of esters is 1. The van der Waals surface area contributed by atoms with Crippen LogP contribution in [0.1, 0.15) is 48.5 Å². The van der Waals surface area contributed by atoms with E-state index in [0.717, 1.165) is 17.5 Å². The number of methoxy groups -OCH3 is 2. The van der Waals surface area contributed by atoms with Gasteiger partial charge in [0.15, 0.2) is 35.4 Å². The molecule has 7 rings (SSSR count). The number of aliphatic hydroxyl groups excluding tert-OH is 1. The number of alkyl halides is 3. The number of ether oxygens (including phenoxy) is 4. The lowest BCUT2D eigenvalue weighted by Gasteiger charge is -2.24. The Kier molecular flexibility index (Phi) is 11.0. The molecule has 2 aliphatic heterocycles. The molecule has 2 saturated heterocycles. The number of tetrazole rings is 1. The highest BCUT2D eigenvalue weighted by molar-refractivity contribution is 5.84. The molecule has 0 radical (unpaired) electrons. The van der Waals surface area contributed by atoms with Gasteiger partial charge in [-0.15, -0.1) is 10.2 Å². The lowest BCUT2D eigenvalue weighted by molar-refractivity contribution is -0.211. The zero-order valence-corrected chi connectivity index (χ0v) is 31.3. The van der Waals surface area contributed by atoms with Gasteiger partial charge in [-0.2, -0.15) is 27.9 Å². The van der Waals surface area contributed by atoms with Crippen LogP contribution in [0.4, 0.5) is 24.9 Å². The summed E-state index contributed by atoms with van der Waals surface area (Å²) in [6, 6.07) is 15.7. The minimum absolute atomic E-state index is 0.105. The number of nitrogens with zero attached hydrogens (tertiary/aromatic N) is 10. The molecule has 0 spiro atoms. The zero-order chi connectivity index (χ0) is 39.7. The minimum atomic E-state index is -5.35. The molecule has 20 heteroatoms. The number of benzene rings is 2. The van der Waals surface area contributed by atoms with Crippen LogP contribution < -0.4 is 19.7 Å². The highest BCUT2D eigenvalue weighted by Crippen LogP contribution is 2.42. The van der Waals surface area contributed by atoms with Crippen molar-refractivity contribution in [2.24, 2.45) is 0 Å². The van der Waals surface area contributed by atoms with Crippen molar-refractivity contribution in [3.05, 3.63) is 71.8 Å². The molecule has 2 aromatic carbocycles. The molecule has 298 valence electrons. The predicted octanol–water partition coefficient (Wildman–Crippen LogP) is 3.34. The Hall–Kier alpha value is -5.60. The van der Waals surface area contributed by atoms with Crippen molar-refractivity contribution in [3.8, 4) is 11.5 Å². The fraction of sp³-hybridized carbons (Fsp3) is 0.472. The first-order valence-electron chi connectivity index (χ1n) is 17.9. The Morgan fingerprint density at radius 2 is 1.71 bits per heavy atom. The highest BCUT2D eigenvalue weighted by atomic mass is 19.4. The van der Waals surface area contributed by atoms with Gasteiger partial charge in [0.05, 0.1) is 27.1 Å². The van der Waals surface area contributed by atoms with Crippen molar-refractivity contribution in [1.82, 2.24) is 44.6 Å². The molecule has 5 aromatic rings. The van der Waals surface area contributed by atoms with Crippen LogP contribution in [0.3, 0.4) is 0 Å². The molecule has 0 bridgehead atoms. The van der Waals surface area contributed by atoms with Crippen molar-refractivity contribution in [2.45, 2.75) is 62.6 Å². The summed E-state index contributed by atoms with van der Waals surface area (Å²) in [5.74, 6) is -0.716. The van der Waals surface area contributed by atoms with E-state index in [2.05, 4.69) is 30.6 Å². The number of fused-ring (bicyclic) bond motifs is 1. The second-order valence-corrected chi connectivity index (χ2v) is 13.7. The smallest absolute Gasteiger partial charge is 0.490 e. The monoisotopic (exact) mass is 781 g/mol. The van der Waals surface area contributed by atoms with Gasteiger partial charge in [0.2, 0.25) is 11.8 Å². The average Bonchev–Trinajstić information content (AvgIpc) is 4.02. The summed E-state index contributed by atoms with van der Waals surface area (Å²) in [7, 11) is 7.19. The van der Waals surface area contributed by atoms with Gasteiger partial charge in [0.1, 0.15) is 17.6 Å². The second kappa shape index (κ2) is 15.9. The number of carbonyl (C=O) groups excluding carboxylic acids is 1. The molecule has 2 aliphatic rings. The molecule has 0 aliphatic carbocycles. The fourth-order valence-electron chi connectivity index (χ4n) is 6.91. The van der Waals surface area contributed by atoms with Crippen LogP contribution in [0, 0.1) is 0 Å². The van der Waals surface area contributed by atoms with Gasteiger partial charge in [-0.05, 0) is 68.0 Å². The van der Waals surface area contributed by atoms with Crippen LogP contribution in [0.5, 0.6) is 11.5 Å². The highest BCUT2D eigenvalue weighted by Gasteiger charge is 2.53. The van der Waals surface area contributed by atoms with E-state index in [-0.39, 0.29) is 28.9 Å². The third-order valence-corrected chi connectivity index (χ3v) is 10.1. The van der Waals surface area contributed by atoms with Gasteiger partial charge in [0.25, 0.3) is 0 Å². The van der Waals surface area contributed by atoms with Crippen molar-refractivity contribution >= 4 is 28.9 Å². The maximum Gasteiger partial charge on any atom is 0.490 e. The average molecular weight is 782 g/mol. The van der Waals surface area contributed by atoms with Crippen molar-refractivity contribution in [2.75, 3.05) is 58.2 Å². The van der Waals surface area contributed by atoms with E-state index >= 15 is 0 Å². The van der Waals surface area contributed by atoms with Gasteiger partial charge < -0.3 is 39.2 Å². The number of aryl methyl sites for hydroxylation is 1. The predicted molar refractivity (Wildman–Crippen MR) is 194 cm³/mol. The Morgan fingerprint density at radius 3 is 2.27 bits per heavy atom. The van der Waals surface area contributed by atoms with Crippen molar-refractivity contribution in [1.29, 1.82) is 0 Å². The van der Waals surface area contributed by atoms with Crippen molar-refractivity contribution < 1.29 is 42.0 Å². The van der Waals surface area contributed by atoms with Crippen LogP contribution >= 0.6 is 0 Å². The van der Waals surface area contributed by atoms with Crippen LogP contribution in [-0.2, 0) is 20.8 Å². The first-order chi connectivity index (χ1) is 26.9. The third-order valence-electron chi connectivity index (χ3n) is 10.1. The number of hydrogen-bond acceptors (Lipinski definition) is 15. The Balaban J connectivity index is 1.30. The fourth-order valence-corrected chi connectivity index (χ4v) is 6.91. The summed E-state index contributed by atoms with van der Waals surface area (Å²) in [6.07, 6.45) is -9.82. The molecule has 5 atom stereocenters. The molecule has 0 amide bonds. The summed E-state index contributed by atoms with van der Waals surface area (Å²) < 4.78 is 63.8. The van der Waals surface area contributed by atoms with E-state index in [1.807, 2.05) is 67.5 Å². The van der Waals surface area contributed by atoms with E-state index in [0.29, 0.717) is 49.4 Å². The standard InChI is InChI=1S/C36H42F3N11O6/c1-6-50-45-31(44-46-50)28-27(51)29(56-34(52)36(37,38)39)33(55-28)49-19-41-26-30(42-35(43-32(26)49)48-16-15-22(18-48)47(2)3)40-17-25(20-7-11-23(53-4)12-8-20)21-9-13-24(54-5)14-10-21/h7-14,19,22,25,27-29,33,51H,6,15-18H2,1-5H3,(H,40,42,43)/t22-,27-,28+,29-,33-/m1/s1. The SMILES string of the molecule is CCn1nnc([C@H]2O[C@@H](n3cnc4c(NCC(c5ccc(OC)cc5)c5ccc(OC)cc5)nc(N5CC[C@@H](N(C)C)C5)nc43)[C@H](OC(=O)C(F)(F)F)[C@@H]2O)n1. The van der Waals surface area contributed by atoms with E-state index < -0.39 is 36.7 Å². The van der Waals surface area contributed by atoms with Gasteiger partial charge in [-0.1, -0.05) is 24.3 Å². The number of anilines is 2. The number of imidazole rings is 1. The number of rotatable bonds is 13. The van der Waals surface area contributed by atoms with Gasteiger partial charge in [-0.3, -0.25) is 4.57 Å². The first-order valence-corrected chi connectivity index (χ1v) is 17.9. The molecule has 3 aromatic heterocycles. The number of likely N-dealkylation sites (N-methyl/N-ethyl adjacent to an activating group) is 1. The normalized spacial score (nSPS) is 21.3. The lowest BCUT2D eigenvalue weighted by atomic mass is 9.91. The zero-order valence-electron chi connectivity index (χ0n) is 31.3. The lowest BCUT2D eigenvalue weighted by Crippen LogP contribution is -2.38. The number of halogens is 3. The molecule has 2 N–H and O–H groups in total. The van der Waals surface area contributed by atoms with Crippen LogP contribution in [0.15, 0.2) is 54.9 Å². The summed E-state index contributed by atoms with van der Waals surface area (Å²) in [5, 5.41) is 26.8. The summed E-state index contributed by atoms with van der Waals surface area (Å²) in [4.78, 5) is 31.9. The number of aromatic nitrogens is 8. The topological polar surface area (TPSA) is 180 Å². The summed E-state index contributed by atoms with van der Waals surface area (Å²) in [6.45, 7) is 3.66. The molecule has 0 saturated carbocycles. The largest absolute Gasteiger partial charge is 0.497 e. The molecule has 2 fully saturated rings. The third kappa shape index (κ3) is 7.76. The molecule has 56 heavy (non-hydrogen) atoms. The van der Waals surface area contributed by atoms with Gasteiger partial charge >= 0.3 is 12.1 Å². The summed E-state index contributed by atoms with van der Waals surface area (Å²) in [5.41, 5.74) is 2.38. The summed E-state index contributed by atoms with van der Waals surface area (Å²) >= 11 is 0. The first kappa shape index (κ1) is 38.7. The quantitative estimate of drug-likeness (QED) is 0.166. The van der Waals surface area contributed by atoms with E-state index in [9.17, 15) is 23.1 Å². The molecule has 0 unspecified atom stereocenters. The molecular weight excluding hydrogens is 739 g/mol. The van der Waals surface area contributed by atoms with E-state index in [1.165, 1.54) is 15.7 Å². The van der Waals surface area contributed by atoms with Crippen LogP contribution in [0.2, 0.25) is 0 Å². The minimum Gasteiger partial charge on any atom is -0.497 e. The van der Waals surface area contributed by atoms with E-state index in [1.54, 1.807) is 21.1 Å². The van der Waals surface area contributed by atoms with Gasteiger partial charge in [-0.25, -0.2) is 9.78 Å². The van der Waals surface area contributed by atoms with Gasteiger partial charge in [0, 0.05) is 31.6 Å². The number of aliphatic hydroxyl groups is 1. The maximum atomic E-state index is 13.6. The Labute approximate surface area is 319 Å². The number of hydrogen-bond donors (Lipinski definition) is 2. The molecule has 17 nitrogen and oxygen atoms in total.